The Balaban J connectivity index is 1.41. The number of carbonyl (C=O) groups excluding carboxylic acids is 1. The van der Waals surface area contributed by atoms with Crippen LogP contribution in [0, 0.1) is 12.3 Å². The first-order valence-electron chi connectivity index (χ1n) is 13.6. The number of sulfonamides is 1. The molecule has 2 aromatic rings. The second kappa shape index (κ2) is 10.9. The third-order valence-electron chi connectivity index (χ3n) is 8.02. The SMILES string of the molecule is Cc1cc(NC(=O)c2ccc(NS(=O)(=O)[C@H](C)CO)cc2N2CCC3(CC2)CC3)nc(N2CCO[C@H](C)C2)n1. The standard InChI is InChI=1S/C27H38N6O5S/c1-18-14-24(30-26(28-18)33-12-13-38-19(2)16-33)29-25(35)22-5-4-21(31-39(36,37)20(3)17-34)15-23(22)32-10-8-27(6-7-27)9-11-32/h4-5,14-15,19-20,31,34H,6-13,16-17H2,1-3H3,(H,28,29,30,35)/t19-,20-/m1/s1. The maximum absolute atomic E-state index is 13.6. The Morgan fingerprint density at radius 2 is 1.90 bits per heavy atom. The van der Waals surface area contributed by atoms with Crippen molar-refractivity contribution in [3.8, 4) is 0 Å². The van der Waals surface area contributed by atoms with Crippen molar-refractivity contribution >= 4 is 39.1 Å². The molecule has 3 aliphatic rings. The second-order valence-corrected chi connectivity index (χ2v) is 13.2. The number of aromatic nitrogens is 2. The fraction of sp³-hybridized carbons (Fsp3) is 0.593. The summed E-state index contributed by atoms with van der Waals surface area (Å²) in [4.78, 5) is 27.0. The normalized spacial score (nSPS) is 21.5. The first kappa shape index (κ1) is 27.6. The molecule has 3 fully saturated rings. The number of aliphatic hydroxyl groups is 1. The smallest absolute Gasteiger partial charge is 0.258 e. The van der Waals surface area contributed by atoms with Gasteiger partial charge in [0.2, 0.25) is 16.0 Å². The lowest BCUT2D eigenvalue weighted by Crippen LogP contribution is -2.42. The van der Waals surface area contributed by atoms with Crippen LogP contribution in [0.5, 0.6) is 0 Å². The lowest BCUT2D eigenvalue weighted by Gasteiger charge is -2.35. The predicted octanol–water partition coefficient (Wildman–Crippen LogP) is 2.77. The van der Waals surface area contributed by atoms with Gasteiger partial charge < -0.3 is 25.0 Å². The minimum absolute atomic E-state index is 0.0686. The van der Waals surface area contributed by atoms with Crippen LogP contribution in [0.2, 0.25) is 0 Å². The van der Waals surface area contributed by atoms with Gasteiger partial charge in [0.1, 0.15) is 11.1 Å². The molecule has 1 saturated carbocycles. The van der Waals surface area contributed by atoms with E-state index < -0.39 is 21.9 Å². The molecule has 2 atom stereocenters. The fourth-order valence-electron chi connectivity index (χ4n) is 5.25. The van der Waals surface area contributed by atoms with Crippen LogP contribution in [0.25, 0.3) is 0 Å². The summed E-state index contributed by atoms with van der Waals surface area (Å²) in [6.45, 7) is 8.37. The molecule has 1 amide bonds. The van der Waals surface area contributed by atoms with Crippen molar-refractivity contribution in [2.75, 3.05) is 59.2 Å². The van der Waals surface area contributed by atoms with Crippen LogP contribution < -0.4 is 19.8 Å². The van der Waals surface area contributed by atoms with Crippen molar-refractivity contribution in [2.45, 2.75) is 57.8 Å². The number of benzene rings is 1. The lowest BCUT2D eigenvalue weighted by atomic mass is 9.93. The first-order valence-corrected chi connectivity index (χ1v) is 15.2. The molecule has 212 valence electrons. The summed E-state index contributed by atoms with van der Waals surface area (Å²) in [6.07, 6.45) is 4.68. The number of piperidine rings is 1. The number of morpholine rings is 1. The van der Waals surface area contributed by atoms with E-state index in [9.17, 15) is 18.3 Å². The predicted molar refractivity (Wildman–Crippen MR) is 151 cm³/mol. The van der Waals surface area contributed by atoms with Crippen molar-refractivity contribution in [1.29, 1.82) is 0 Å². The van der Waals surface area contributed by atoms with Gasteiger partial charge >= 0.3 is 0 Å². The van der Waals surface area contributed by atoms with Crippen molar-refractivity contribution in [1.82, 2.24) is 9.97 Å². The molecule has 0 radical (unpaired) electrons. The summed E-state index contributed by atoms with van der Waals surface area (Å²) in [5.41, 5.74) is 2.66. The van der Waals surface area contributed by atoms with Gasteiger partial charge in [-0.15, -0.1) is 0 Å². The Morgan fingerprint density at radius 1 is 1.15 bits per heavy atom. The molecule has 3 heterocycles. The second-order valence-electron chi connectivity index (χ2n) is 11.1. The summed E-state index contributed by atoms with van der Waals surface area (Å²) in [7, 11) is -3.77. The molecule has 2 saturated heterocycles. The third-order valence-corrected chi connectivity index (χ3v) is 9.75. The quantitative estimate of drug-likeness (QED) is 0.447. The average molecular weight is 559 g/mol. The highest BCUT2D eigenvalue weighted by molar-refractivity contribution is 7.93. The molecule has 1 aromatic carbocycles. The van der Waals surface area contributed by atoms with E-state index in [4.69, 9.17) is 4.74 Å². The Hall–Kier alpha value is -2.96. The highest BCUT2D eigenvalue weighted by Crippen LogP contribution is 2.54. The highest BCUT2D eigenvalue weighted by Gasteiger charge is 2.44. The molecule has 0 bridgehead atoms. The lowest BCUT2D eigenvalue weighted by molar-refractivity contribution is 0.0526. The van der Waals surface area contributed by atoms with E-state index in [1.54, 1.807) is 24.3 Å². The van der Waals surface area contributed by atoms with Gasteiger partial charge in [0, 0.05) is 37.9 Å². The van der Waals surface area contributed by atoms with E-state index in [-0.39, 0.29) is 12.0 Å². The van der Waals surface area contributed by atoms with Gasteiger partial charge in [0.25, 0.3) is 5.91 Å². The van der Waals surface area contributed by atoms with Gasteiger partial charge in [0.15, 0.2) is 0 Å². The Morgan fingerprint density at radius 3 is 2.56 bits per heavy atom. The molecule has 0 unspecified atom stereocenters. The van der Waals surface area contributed by atoms with E-state index in [1.165, 1.54) is 19.8 Å². The van der Waals surface area contributed by atoms with Gasteiger partial charge in [-0.25, -0.2) is 13.4 Å². The Kier molecular flexibility index (Phi) is 7.71. The summed E-state index contributed by atoms with van der Waals surface area (Å²) in [6, 6.07) is 6.68. The van der Waals surface area contributed by atoms with E-state index in [2.05, 4.69) is 29.8 Å². The van der Waals surface area contributed by atoms with Crippen LogP contribution in [0.15, 0.2) is 24.3 Å². The number of carbonyl (C=O) groups is 1. The summed E-state index contributed by atoms with van der Waals surface area (Å²) >= 11 is 0. The van der Waals surface area contributed by atoms with Gasteiger partial charge in [0.05, 0.1) is 36.3 Å². The molecule has 12 heteroatoms. The number of aryl methyl sites for hydroxylation is 1. The van der Waals surface area contributed by atoms with Gasteiger partial charge in [-0.3, -0.25) is 9.52 Å². The minimum Gasteiger partial charge on any atom is -0.395 e. The average Bonchev–Trinajstić information content (AvgIpc) is 3.66. The molecule has 1 aromatic heterocycles. The zero-order valence-corrected chi connectivity index (χ0v) is 23.6. The molecular formula is C27H38N6O5S. The van der Waals surface area contributed by atoms with Crippen LogP contribution in [0.4, 0.5) is 23.1 Å². The maximum atomic E-state index is 13.6. The Bertz CT molecular complexity index is 1320. The molecule has 2 aliphatic heterocycles. The number of anilines is 4. The maximum Gasteiger partial charge on any atom is 0.258 e. The van der Waals surface area contributed by atoms with Crippen molar-refractivity contribution in [3.05, 3.63) is 35.5 Å². The number of hydrogen-bond donors (Lipinski definition) is 3. The van der Waals surface area contributed by atoms with E-state index in [0.29, 0.717) is 53.8 Å². The van der Waals surface area contributed by atoms with Gasteiger partial charge in [-0.2, -0.15) is 4.98 Å². The summed E-state index contributed by atoms with van der Waals surface area (Å²) in [5, 5.41) is 11.3. The van der Waals surface area contributed by atoms with Crippen molar-refractivity contribution in [2.24, 2.45) is 5.41 Å². The zero-order valence-electron chi connectivity index (χ0n) is 22.8. The van der Waals surface area contributed by atoms with Crippen LogP contribution in [-0.4, -0.2) is 80.1 Å². The number of amides is 1. The van der Waals surface area contributed by atoms with Crippen LogP contribution in [0.1, 0.15) is 55.6 Å². The minimum atomic E-state index is -3.77. The number of aliphatic hydroxyl groups excluding tert-OH is 1. The summed E-state index contributed by atoms with van der Waals surface area (Å²) in [5.74, 6) is 0.633. The van der Waals surface area contributed by atoms with Gasteiger partial charge in [-0.05, 0) is 70.1 Å². The molecule has 5 rings (SSSR count). The monoisotopic (exact) mass is 558 g/mol. The molecule has 39 heavy (non-hydrogen) atoms. The Labute approximate surface area is 230 Å². The van der Waals surface area contributed by atoms with Crippen LogP contribution in [-0.2, 0) is 14.8 Å². The highest BCUT2D eigenvalue weighted by atomic mass is 32.2. The van der Waals surface area contributed by atoms with Crippen molar-refractivity contribution in [3.63, 3.8) is 0 Å². The zero-order chi connectivity index (χ0) is 27.8. The van der Waals surface area contributed by atoms with E-state index >= 15 is 0 Å². The fourth-order valence-corrected chi connectivity index (χ4v) is 6.11. The molecule has 11 nitrogen and oxygen atoms in total. The van der Waals surface area contributed by atoms with E-state index in [0.717, 1.165) is 31.6 Å². The number of nitrogens with zero attached hydrogens (tertiary/aromatic N) is 4. The largest absolute Gasteiger partial charge is 0.395 e. The molecule has 3 N–H and O–H groups in total. The van der Waals surface area contributed by atoms with Gasteiger partial charge in [-0.1, -0.05) is 0 Å². The number of nitrogens with one attached hydrogen (secondary N) is 2. The van der Waals surface area contributed by atoms with Crippen LogP contribution in [0.3, 0.4) is 0 Å². The van der Waals surface area contributed by atoms with Crippen LogP contribution >= 0.6 is 0 Å². The number of hydrogen-bond acceptors (Lipinski definition) is 9. The van der Waals surface area contributed by atoms with Crippen molar-refractivity contribution < 1.29 is 23.1 Å². The topological polar surface area (TPSA) is 137 Å². The first-order chi connectivity index (χ1) is 18.6. The number of ether oxygens (including phenoxy) is 1. The summed E-state index contributed by atoms with van der Waals surface area (Å²) < 4.78 is 33.4. The molecule has 1 spiro atoms. The van der Waals surface area contributed by atoms with E-state index in [1.807, 2.05) is 13.8 Å². The third kappa shape index (κ3) is 6.28. The molecule has 1 aliphatic carbocycles. The molecular weight excluding hydrogens is 520 g/mol. The number of rotatable bonds is 8.